The van der Waals surface area contributed by atoms with E-state index in [1.807, 2.05) is 0 Å². The number of rotatable bonds is 0. The van der Waals surface area contributed by atoms with Crippen LogP contribution < -0.4 is 0 Å². The molecule has 0 aromatic rings. The molecule has 0 spiro atoms. The van der Waals surface area contributed by atoms with Gasteiger partial charge in [-0.3, -0.25) is 0 Å². The number of halogens is 3. The van der Waals surface area contributed by atoms with E-state index >= 15 is 0 Å². The van der Waals surface area contributed by atoms with Gasteiger partial charge in [-0.1, -0.05) is 0 Å². The third-order valence-electron chi connectivity index (χ3n) is 0. The summed E-state index contributed by atoms with van der Waals surface area (Å²) in [6.45, 7) is 0. The summed E-state index contributed by atoms with van der Waals surface area (Å²) >= 11 is -2.03. The third kappa shape index (κ3) is 303. The molecule has 0 rings (SSSR count). The fourth-order valence-electron chi connectivity index (χ4n) is 0. The second-order valence-electron chi connectivity index (χ2n) is 0.429. The van der Waals surface area contributed by atoms with Crippen molar-refractivity contribution in [2.45, 2.75) is 0 Å². The Bertz CT molecular complexity index is 58.8. The zero-order valence-corrected chi connectivity index (χ0v) is 8.11. The van der Waals surface area contributed by atoms with E-state index in [1.165, 1.54) is 0 Å². The molecule has 0 atom stereocenters. The Balaban J connectivity index is 0. The van der Waals surface area contributed by atoms with Crippen LogP contribution in [0.4, 0.5) is 0 Å². The Morgan fingerprint density at radius 3 is 1.50 bits per heavy atom. The molecule has 0 saturated carbocycles. The van der Waals surface area contributed by atoms with Crippen molar-refractivity contribution in [2.24, 2.45) is 0 Å². The molecule has 0 bridgehead atoms. The average molecular weight is 291 g/mol. The molecule has 0 unspecified atom stereocenters. The molecule has 8 heteroatoms. The van der Waals surface area contributed by atoms with Crippen molar-refractivity contribution >= 4 is 43.3 Å². The van der Waals surface area contributed by atoms with Crippen LogP contribution in [0.2, 0.25) is 0 Å². The van der Waals surface area contributed by atoms with Crippen molar-refractivity contribution in [2.75, 3.05) is 0 Å². The Morgan fingerprint density at radius 2 is 1.50 bits per heavy atom. The van der Waals surface area contributed by atoms with Crippen LogP contribution in [0.15, 0.2) is 0 Å². The standard InChI is InChI=1S/3ClH.HNO3.Sb/c;;;2-1(3)4;/h3*1H;(H,2,3,4);/q;;;;+3/p-3. The predicted molar refractivity (Wildman–Crippen MR) is 32.1 cm³/mol. The van der Waals surface area contributed by atoms with Crippen molar-refractivity contribution in [1.82, 2.24) is 0 Å². The molecule has 0 saturated heterocycles. The van der Waals surface area contributed by atoms with E-state index in [9.17, 15) is 0 Å². The molecular weight excluding hydrogens is 290 g/mol. The minimum atomic E-state index is -2.03. The molecular formula is HCl3NO3Sb. The SMILES string of the molecule is O=[N+]([O-])O.[Cl][Sb]([Cl])[Cl]. The van der Waals surface area contributed by atoms with Gasteiger partial charge >= 0.3 is 43.3 Å². The summed E-state index contributed by atoms with van der Waals surface area (Å²) < 4.78 is 0. The summed E-state index contributed by atoms with van der Waals surface area (Å²) in [5.74, 6) is 0. The summed E-state index contributed by atoms with van der Waals surface area (Å²) in [4.78, 5) is 8.36. The van der Waals surface area contributed by atoms with E-state index in [-0.39, 0.29) is 0 Å². The quantitative estimate of drug-likeness (QED) is 0.416. The van der Waals surface area contributed by atoms with Crippen molar-refractivity contribution in [3.05, 3.63) is 10.1 Å². The Hall–Kier alpha value is 0.888. The summed E-state index contributed by atoms with van der Waals surface area (Å²) in [6, 6.07) is 0. The number of hydrogen-bond acceptors (Lipinski definition) is 2. The fourth-order valence-corrected chi connectivity index (χ4v) is 0. The van der Waals surface area contributed by atoms with Gasteiger partial charge in [-0.25, -0.2) is 0 Å². The molecule has 4 nitrogen and oxygen atoms in total. The maximum absolute atomic E-state index is 8.36. The Kier molecular flexibility index (Phi) is 11.5. The van der Waals surface area contributed by atoms with Gasteiger partial charge in [0, 0.05) is 0 Å². The normalized spacial score (nSPS) is 7.50. The van der Waals surface area contributed by atoms with Crippen LogP contribution in [-0.2, 0) is 0 Å². The van der Waals surface area contributed by atoms with Gasteiger partial charge in [-0.05, 0) is 0 Å². The Morgan fingerprint density at radius 1 is 1.50 bits per heavy atom. The summed E-state index contributed by atoms with van der Waals surface area (Å²) in [6.07, 6.45) is 0. The van der Waals surface area contributed by atoms with Gasteiger partial charge in [0.2, 0.25) is 0 Å². The van der Waals surface area contributed by atoms with Crippen molar-refractivity contribution in [3.8, 4) is 0 Å². The van der Waals surface area contributed by atoms with Gasteiger partial charge < -0.3 is 5.21 Å². The first-order valence-corrected chi connectivity index (χ1v) is 10.8. The average Bonchev–Trinajstić information content (AvgIpc) is 1.25. The van der Waals surface area contributed by atoms with Crippen LogP contribution in [0.1, 0.15) is 0 Å². The molecule has 0 aromatic carbocycles. The van der Waals surface area contributed by atoms with Crippen molar-refractivity contribution in [1.29, 1.82) is 0 Å². The summed E-state index contributed by atoms with van der Waals surface area (Å²) in [7, 11) is 15.0. The van der Waals surface area contributed by atoms with Crippen LogP contribution in [0.3, 0.4) is 0 Å². The zero-order chi connectivity index (χ0) is 7.15. The van der Waals surface area contributed by atoms with E-state index < -0.39 is 21.9 Å². The molecule has 0 aliphatic rings. The van der Waals surface area contributed by atoms with Gasteiger partial charge in [0.15, 0.2) is 0 Å². The molecule has 0 heterocycles. The van der Waals surface area contributed by atoms with Crippen LogP contribution in [-0.4, -0.2) is 27.1 Å². The first kappa shape index (κ1) is 11.7. The van der Waals surface area contributed by atoms with Gasteiger partial charge in [-0.2, -0.15) is 0 Å². The van der Waals surface area contributed by atoms with E-state index in [2.05, 4.69) is 0 Å². The second kappa shape index (κ2) is 7.89. The van der Waals surface area contributed by atoms with E-state index in [1.54, 1.807) is 0 Å². The predicted octanol–water partition coefficient (Wildman–Crippen LogP) is 1.34. The van der Waals surface area contributed by atoms with Gasteiger partial charge in [-0.15, -0.1) is 10.1 Å². The van der Waals surface area contributed by atoms with Crippen LogP contribution in [0, 0.1) is 10.1 Å². The molecule has 0 aromatic heterocycles. The molecule has 8 heavy (non-hydrogen) atoms. The van der Waals surface area contributed by atoms with Crippen molar-refractivity contribution in [3.63, 3.8) is 0 Å². The van der Waals surface area contributed by atoms with Crippen molar-refractivity contribution < 1.29 is 10.3 Å². The van der Waals surface area contributed by atoms with Crippen LogP contribution in [0.25, 0.3) is 0 Å². The zero-order valence-electron chi connectivity index (χ0n) is 3.29. The Labute approximate surface area is 63.4 Å². The molecule has 0 aliphatic carbocycles. The monoisotopic (exact) mass is 289 g/mol. The summed E-state index contributed by atoms with van der Waals surface area (Å²) in [5.41, 5.74) is 0. The van der Waals surface area contributed by atoms with E-state index in [0.29, 0.717) is 0 Å². The molecule has 0 amide bonds. The van der Waals surface area contributed by atoms with Gasteiger partial charge in [0.25, 0.3) is 5.09 Å². The number of nitrogens with zero attached hydrogens (tertiary/aromatic N) is 1. The third-order valence-corrected chi connectivity index (χ3v) is 0. The van der Waals surface area contributed by atoms with Gasteiger partial charge in [0.1, 0.15) is 0 Å². The number of hydrogen-bond donors (Lipinski definition) is 1. The topological polar surface area (TPSA) is 63.4 Å². The van der Waals surface area contributed by atoms with E-state index in [0.717, 1.165) is 0 Å². The van der Waals surface area contributed by atoms with Gasteiger partial charge in [0.05, 0.1) is 0 Å². The first-order valence-electron chi connectivity index (χ1n) is 1.07. The molecule has 1 N–H and O–H groups in total. The minimum absolute atomic E-state index is 1.50. The van der Waals surface area contributed by atoms with E-state index in [4.69, 9.17) is 41.8 Å². The van der Waals surface area contributed by atoms with Crippen LogP contribution >= 0.6 is 26.5 Å². The summed E-state index contributed by atoms with van der Waals surface area (Å²) in [5, 5.41) is 13.6. The molecule has 0 aliphatic heterocycles. The molecule has 0 fully saturated rings. The maximum atomic E-state index is 8.36. The van der Waals surface area contributed by atoms with Crippen LogP contribution in [0.5, 0.6) is 0 Å². The molecule has 50 valence electrons. The fraction of sp³-hybridized carbons (Fsp3) is 0. The first-order chi connectivity index (χ1) is 3.46. The second-order valence-corrected chi connectivity index (χ2v) is 11.8. The molecule has 0 radical (unpaired) electrons.